The smallest absolute Gasteiger partial charge is 0.475 e. The highest BCUT2D eigenvalue weighted by molar-refractivity contribution is 7.48. The number of unbranched alkanes of at least 4 members (excludes halogenated alkanes) is 2. The van der Waals surface area contributed by atoms with E-state index in [0.29, 0.717) is 42.9 Å². The van der Waals surface area contributed by atoms with E-state index < -0.39 is 31.6 Å². The molecule has 2 aromatic carbocycles. The number of methoxy groups -OCH3 is 2. The van der Waals surface area contributed by atoms with Gasteiger partial charge >= 0.3 is 13.8 Å². The Bertz CT molecular complexity index is 1760. The highest BCUT2D eigenvalue weighted by atomic mass is 31.2. The summed E-state index contributed by atoms with van der Waals surface area (Å²) in [6.45, 7) is 8.56. The van der Waals surface area contributed by atoms with E-state index in [2.05, 4.69) is 9.97 Å². The first-order valence-corrected chi connectivity index (χ1v) is 19.1. The molecule has 6 rings (SSSR count). The van der Waals surface area contributed by atoms with Gasteiger partial charge in [-0.15, -0.1) is 0 Å². The summed E-state index contributed by atoms with van der Waals surface area (Å²) in [5.41, 5.74) is 3.06. The molecule has 2 aliphatic heterocycles. The quantitative estimate of drug-likeness (QED) is 0.0829. The third-order valence-electron chi connectivity index (χ3n) is 8.73. The fourth-order valence-electron chi connectivity index (χ4n) is 6.32. The monoisotopic (exact) mass is 740 g/mol. The van der Waals surface area contributed by atoms with Crippen molar-refractivity contribution < 1.29 is 46.6 Å². The molecule has 0 aliphatic carbocycles. The summed E-state index contributed by atoms with van der Waals surface area (Å²) in [4.78, 5) is 9.12. The third-order valence-corrected chi connectivity index (χ3v) is 10.1. The van der Waals surface area contributed by atoms with Gasteiger partial charge in [0.2, 0.25) is 5.88 Å². The number of fused-ring (bicyclic) bond motifs is 2. The van der Waals surface area contributed by atoms with Crippen molar-refractivity contribution >= 4 is 18.9 Å². The van der Waals surface area contributed by atoms with Crippen molar-refractivity contribution in [3.05, 3.63) is 77.5 Å². The van der Waals surface area contributed by atoms with Crippen LogP contribution < -0.4 is 9.47 Å². The number of rotatable bonds is 17. The normalized spacial score (nSPS) is 21.2. The minimum atomic E-state index is -3.85. The van der Waals surface area contributed by atoms with Gasteiger partial charge in [-0.05, 0) is 58.1 Å². The van der Waals surface area contributed by atoms with Crippen LogP contribution in [0.1, 0.15) is 63.8 Å². The molecular weight excluding hydrogens is 691 g/mol. The molecule has 2 fully saturated rings. The van der Waals surface area contributed by atoms with Gasteiger partial charge in [0.05, 0.1) is 52.9 Å². The van der Waals surface area contributed by atoms with Crippen LogP contribution in [0, 0.1) is 0 Å². The number of hydrogen-bond donors (Lipinski definition) is 0. The predicted molar refractivity (Wildman–Crippen MR) is 191 cm³/mol. The number of nitrogens with zero attached hydrogens (tertiary/aromatic N) is 4. The fraction of sp³-hybridized carbons (Fsp3) is 0.541. The van der Waals surface area contributed by atoms with Crippen molar-refractivity contribution in [2.75, 3.05) is 27.4 Å². The number of hydrogen-bond acceptors (Lipinski definition) is 13. The van der Waals surface area contributed by atoms with Crippen LogP contribution in [0.25, 0.3) is 11.0 Å². The zero-order valence-corrected chi connectivity index (χ0v) is 31.6. The van der Waals surface area contributed by atoms with Crippen LogP contribution in [0.4, 0.5) is 0 Å². The summed E-state index contributed by atoms with van der Waals surface area (Å²) >= 11 is 0. The van der Waals surface area contributed by atoms with Gasteiger partial charge in [0, 0.05) is 0 Å². The topological polar surface area (TPSA) is 144 Å². The van der Waals surface area contributed by atoms with Gasteiger partial charge in [-0.3, -0.25) is 13.6 Å². The minimum absolute atomic E-state index is 0.103. The largest absolute Gasteiger partial charge is 0.480 e. The van der Waals surface area contributed by atoms with Gasteiger partial charge in [-0.25, -0.2) is 9.25 Å². The Morgan fingerprint density at radius 3 is 2.12 bits per heavy atom. The average molecular weight is 741 g/mol. The first-order valence-electron chi connectivity index (χ1n) is 17.6. The van der Waals surface area contributed by atoms with Gasteiger partial charge < -0.3 is 28.4 Å². The molecule has 0 spiro atoms. The van der Waals surface area contributed by atoms with Gasteiger partial charge in [0.25, 0.3) is 0 Å². The molecule has 2 saturated heterocycles. The van der Waals surface area contributed by atoms with Crippen molar-refractivity contribution in [1.29, 1.82) is 0 Å². The average Bonchev–Trinajstić information content (AvgIpc) is 3.62. The lowest BCUT2D eigenvalue weighted by atomic mass is 10.1. The summed E-state index contributed by atoms with van der Waals surface area (Å²) in [6.07, 6.45) is 1.55. The Morgan fingerprint density at radius 2 is 1.48 bits per heavy atom. The van der Waals surface area contributed by atoms with E-state index in [1.807, 2.05) is 88.4 Å². The molecule has 0 radical (unpaired) electrons. The lowest BCUT2D eigenvalue weighted by Gasteiger charge is -2.30. The zero-order chi connectivity index (χ0) is 36.8. The Hall–Kier alpha value is -3.46. The van der Waals surface area contributed by atoms with E-state index in [9.17, 15) is 4.57 Å². The number of benzene rings is 2. The first-order chi connectivity index (χ1) is 25.0. The lowest BCUT2D eigenvalue weighted by Crippen LogP contribution is -2.42. The molecule has 0 unspecified atom stereocenters. The maximum absolute atomic E-state index is 13.7. The van der Waals surface area contributed by atoms with Gasteiger partial charge in [0.1, 0.15) is 23.7 Å². The van der Waals surface area contributed by atoms with Crippen LogP contribution >= 0.6 is 7.82 Å². The van der Waals surface area contributed by atoms with Gasteiger partial charge in [-0.2, -0.15) is 15.1 Å². The molecule has 15 heteroatoms. The second-order valence-electron chi connectivity index (χ2n) is 13.7. The highest BCUT2D eigenvalue weighted by Gasteiger charge is 2.50. The van der Waals surface area contributed by atoms with Crippen LogP contribution in [-0.2, 0) is 63.3 Å². The molecule has 52 heavy (non-hydrogen) atoms. The Balaban J connectivity index is 1.12. The number of phosphoric acid groups is 1. The predicted octanol–water partition coefficient (Wildman–Crippen LogP) is 6.79. The van der Waals surface area contributed by atoms with Crippen LogP contribution in [0.15, 0.2) is 60.7 Å². The van der Waals surface area contributed by atoms with E-state index in [0.717, 1.165) is 29.7 Å². The third kappa shape index (κ3) is 9.74. The molecule has 4 heterocycles. The zero-order valence-electron chi connectivity index (χ0n) is 30.7. The van der Waals surface area contributed by atoms with Crippen LogP contribution in [-0.4, -0.2) is 77.1 Å². The van der Waals surface area contributed by atoms with Gasteiger partial charge in [0.15, 0.2) is 17.2 Å². The Labute approximate surface area is 304 Å². The highest BCUT2D eigenvalue weighted by Crippen LogP contribution is 2.51. The maximum Gasteiger partial charge on any atom is 0.475 e. The van der Waals surface area contributed by atoms with Crippen molar-refractivity contribution in [2.45, 2.75) is 103 Å². The second-order valence-corrected chi connectivity index (χ2v) is 15.3. The first kappa shape index (κ1) is 38.3. The van der Waals surface area contributed by atoms with Crippen molar-refractivity contribution in [2.24, 2.45) is 0 Å². The van der Waals surface area contributed by atoms with E-state index in [4.69, 9.17) is 47.1 Å². The molecule has 2 aliphatic rings. The standard InChI is InChI=1S/C37H49N4O10P/c1-36(2)45-25-30-32(51-37(3,4)50-30)29(49-36)22-41-33-31(34(43-5)39-35(38-33)44-6)28(40-41)20-14-9-15-21-46-52(42,47-23-26-16-10-7-11-17-26)48-24-27-18-12-8-13-19-27/h7-8,10-13,16-19,29-30,32H,9,14-15,20-25H2,1-6H3/t29-,30+,32-/m0/s1. The molecule has 282 valence electrons. The Morgan fingerprint density at radius 1 is 0.808 bits per heavy atom. The summed E-state index contributed by atoms with van der Waals surface area (Å²) in [6, 6.07) is 19.2. The molecule has 14 nitrogen and oxygen atoms in total. The molecule has 0 bridgehead atoms. The summed E-state index contributed by atoms with van der Waals surface area (Å²) < 4.78 is 68.9. The second kappa shape index (κ2) is 16.7. The number of phosphoric ester groups is 1. The van der Waals surface area contributed by atoms with Gasteiger partial charge in [-0.1, -0.05) is 67.1 Å². The summed E-state index contributed by atoms with van der Waals surface area (Å²) in [5, 5.41) is 5.70. The number of ether oxygens (including phenoxy) is 6. The SMILES string of the molecule is COc1nc(OC)c2c(CCCCCOP(=O)(OCc3ccccc3)OCc3ccccc3)nn(C[C@@H]3OC(C)(C)OC[C@H]4OC(C)(C)O[C@@H]34)c2n1. The molecule has 3 atom stereocenters. The molecule has 0 amide bonds. The van der Waals surface area contributed by atoms with Crippen LogP contribution in [0.2, 0.25) is 0 Å². The van der Waals surface area contributed by atoms with Crippen LogP contribution in [0.5, 0.6) is 11.9 Å². The fourth-order valence-corrected chi connectivity index (χ4v) is 7.51. The number of aryl methyl sites for hydroxylation is 1. The summed E-state index contributed by atoms with van der Waals surface area (Å²) in [5.74, 6) is -1.29. The summed E-state index contributed by atoms with van der Waals surface area (Å²) in [7, 11) is -0.786. The lowest BCUT2D eigenvalue weighted by molar-refractivity contribution is -0.256. The molecule has 0 saturated carbocycles. The molecule has 2 aromatic heterocycles. The maximum atomic E-state index is 13.7. The molecule has 0 N–H and O–H groups in total. The van der Waals surface area contributed by atoms with E-state index in [1.165, 1.54) is 7.11 Å². The van der Waals surface area contributed by atoms with Crippen LogP contribution in [0.3, 0.4) is 0 Å². The number of aromatic nitrogens is 4. The van der Waals surface area contributed by atoms with Crippen molar-refractivity contribution in [3.8, 4) is 11.9 Å². The molecule has 4 aromatic rings. The van der Waals surface area contributed by atoms with Crippen molar-refractivity contribution in [3.63, 3.8) is 0 Å². The molecular formula is C37H49N4O10P. The van der Waals surface area contributed by atoms with Crippen molar-refractivity contribution in [1.82, 2.24) is 19.7 Å². The minimum Gasteiger partial charge on any atom is -0.480 e. The van der Waals surface area contributed by atoms with E-state index >= 15 is 0 Å². The Kier molecular flexibility index (Phi) is 12.3. The van der Waals surface area contributed by atoms with E-state index in [1.54, 1.807) is 11.8 Å². The van der Waals surface area contributed by atoms with E-state index in [-0.39, 0.29) is 31.9 Å².